The molecule has 2 amide bonds. The first kappa shape index (κ1) is 30.7. The molecule has 1 N–H and O–H groups in total. The van der Waals surface area contributed by atoms with Crippen LogP contribution in [-0.4, -0.2) is 56.6 Å². The molecule has 0 aliphatic heterocycles. The molecule has 2 aromatic carbocycles. The number of hydrogen-bond acceptors (Lipinski definition) is 5. The summed E-state index contributed by atoms with van der Waals surface area (Å²) in [6.45, 7) is 7.44. The Morgan fingerprint density at radius 1 is 1.03 bits per heavy atom. The van der Waals surface area contributed by atoms with Gasteiger partial charge in [-0.3, -0.25) is 13.9 Å². The van der Waals surface area contributed by atoms with E-state index < -0.39 is 28.5 Å². The first-order valence-corrected chi connectivity index (χ1v) is 14.8. The smallest absolute Gasteiger partial charge is 0.244 e. The number of benzene rings is 2. The van der Waals surface area contributed by atoms with E-state index in [4.69, 9.17) is 27.9 Å². The SMILES string of the molecule is CCOc1ccc(N(CC(=O)N(Cc2ccc(Cl)cc2Cl)C(CC)C(=O)NC(C)CC)S(C)(=O)=O)cc1. The van der Waals surface area contributed by atoms with Gasteiger partial charge in [-0.2, -0.15) is 0 Å². The topological polar surface area (TPSA) is 96.0 Å². The van der Waals surface area contributed by atoms with Gasteiger partial charge in [0, 0.05) is 22.6 Å². The van der Waals surface area contributed by atoms with Crippen molar-refractivity contribution >= 4 is 50.7 Å². The molecule has 0 radical (unpaired) electrons. The van der Waals surface area contributed by atoms with Gasteiger partial charge in [-0.05, 0) is 68.7 Å². The molecular weight excluding hydrogens is 537 g/mol. The molecule has 0 aliphatic rings. The highest BCUT2D eigenvalue weighted by atomic mass is 35.5. The summed E-state index contributed by atoms with van der Waals surface area (Å²) in [4.78, 5) is 28.3. The Morgan fingerprint density at radius 2 is 1.68 bits per heavy atom. The second kappa shape index (κ2) is 13.9. The molecule has 2 unspecified atom stereocenters. The van der Waals surface area contributed by atoms with Gasteiger partial charge < -0.3 is 15.0 Å². The normalized spacial score (nSPS) is 12.9. The maximum atomic E-state index is 13.7. The minimum absolute atomic E-state index is 0.00213. The average Bonchev–Trinajstić information content (AvgIpc) is 2.83. The van der Waals surface area contributed by atoms with Crippen LogP contribution in [0.2, 0.25) is 10.0 Å². The second-order valence-electron chi connectivity index (χ2n) is 8.70. The molecule has 0 saturated heterocycles. The van der Waals surface area contributed by atoms with Crippen LogP contribution in [0.1, 0.15) is 46.1 Å². The van der Waals surface area contributed by atoms with Crippen molar-refractivity contribution in [3.8, 4) is 5.75 Å². The second-order valence-corrected chi connectivity index (χ2v) is 11.4. The van der Waals surface area contributed by atoms with E-state index in [0.717, 1.165) is 17.0 Å². The van der Waals surface area contributed by atoms with Gasteiger partial charge in [0.05, 0.1) is 18.6 Å². The van der Waals surface area contributed by atoms with Gasteiger partial charge in [-0.1, -0.05) is 43.1 Å². The van der Waals surface area contributed by atoms with Crippen molar-refractivity contribution < 1.29 is 22.7 Å². The zero-order chi connectivity index (χ0) is 27.8. The lowest BCUT2D eigenvalue weighted by Gasteiger charge is -2.33. The fourth-order valence-corrected chi connectivity index (χ4v) is 5.00. The zero-order valence-electron chi connectivity index (χ0n) is 21.8. The molecule has 2 aromatic rings. The van der Waals surface area contributed by atoms with Crippen molar-refractivity contribution in [3.63, 3.8) is 0 Å². The van der Waals surface area contributed by atoms with Crippen molar-refractivity contribution in [1.29, 1.82) is 0 Å². The number of nitrogens with zero attached hydrogens (tertiary/aromatic N) is 2. The predicted octanol–water partition coefficient (Wildman–Crippen LogP) is 4.88. The first-order valence-electron chi connectivity index (χ1n) is 12.2. The maximum Gasteiger partial charge on any atom is 0.244 e. The summed E-state index contributed by atoms with van der Waals surface area (Å²) in [5.41, 5.74) is 0.891. The molecule has 0 fully saturated rings. The number of rotatable bonds is 13. The Morgan fingerprint density at radius 3 is 2.19 bits per heavy atom. The number of carbonyl (C=O) groups is 2. The van der Waals surface area contributed by atoms with E-state index in [1.54, 1.807) is 49.4 Å². The lowest BCUT2D eigenvalue weighted by atomic mass is 10.1. The van der Waals surface area contributed by atoms with Gasteiger partial charge >= 0.3 is 0 Å². The molecule has 2 rings (SSSR count). The third-order valence-electron chi connectivity index (χ3n) is 5.86. The summed E-state index contributed by atoms with van der Waals surface area (Å²) in [5.74, 6) is -0.281. The Kier molecular flexibility index (Phi) is 11.5. The highest BCUT2D eigenvalue weighted by Crippen LogP contribution is 2.26. The molecule has 0 aromatic heterocycles. The Bertz CT molecular complexity index is 1180. The number of carbonyl (C=O) groups excluding carboxylic acids is 2. The molecule has 2 atom stereocenters. The van der Waals surface area contributed by atoms with Crippen molar-refractivity contribution in [3.05, 3.63) is 58.1 Å². The van der Waals surface area contributed by atoms with E-state index in [-0.39, 0.29) is 18.5 Å². The van der Waals surface area contributed by atoms with Crippen LogP contribution in [0.3, 0.4) is 0 Å². The molecule has 0 bridgehead atoms. The fourth-order valence-electron chi connectivity index (χ4n) is 3.68. The summed E-state index contributed by atoms with van der Waals surface area (Å²) >= 11 is 12.4. The lowest BCUT2D eigenvalue weighted by Crippen LogP contribution is -2.53. The number of hydrogen-bond donors (Lipinski definition) is 1. The molecule has 11 heteroatoms. The van der Waals surface area contributed by atoms with Gasteiger partial charge in [0.25, 0.3) is 0 Å². The van der Waals surface area contributed by atoms with Gasteiger partial charge in [0.2, 0.25) is 21.8 Å². The highest BCUT2D eigenvalue weighted by Gasteiger charge is 2.32. The Balaban J connectivity index is 2.45. The van der Waals surface area contributed by atoms with Crippen molar-refractivity contribution in [1.82, 2.24) is 10.2 Å². The van der Waals surface area contributed by atoms with Crippen LogP contribution in [0.25, 0.3) is 0 Å². The van der Waals surface area contributed by atoms with Crippen LogP contribution in [0.4, 0.5) is 5.69 Å². The van der Waals surface area contributed by atoms with Crippen LogP contribution < -0.4 is 14.4 Å². The van der Waals surface area contributed by atoms with Gasteiger partial charge in [0.1, 0.15) is 18.3 Å². The number of nitrogens with one attached hydrogen (secondary N) is 1. The minimum Gasteiger partial charge on any atom is -0.494 e. The molecule has 0 heterocycles. The zero-order valence-corrected chi connectivity index (χ0v) is 24.2. The molecule has 8 nitrogen and oxygen atoms in total. The van der Waals surface area contributed by atoms with Gasteiger partial charge in [-0.15, -0.1) is 0 Å². The number of anilines is 1. The van der Waals surface area contributed by atoms with Crippen LogP contribution in [0.5, 0.6) is 5.75 Å². The maximum absolute atomic E-state index is 13.7. The summed E-state index contributed by atoms with van der Waals surface area (Å²) < 4.78 is 31.9. The van der Waals surface area contributed by atoms with E-state index in [2.05, 4.69) is 5.32 Å². The van der Waals surface area contributed by atoms with E-state index in [0.29, 0.717) is 40.1 Å². The van der Waals surface area contributed by atoms with Crippen LogP contribution in [0, 0.1) is 0 Å². The van der Waals surface area contributed by atoms with E-state index >= 15 is 0 Å². The predicted molar refractivity (Wildman–Crippen MR) is 149 cm³/mol. The van der Waals surface area contributed by atoms with E-state index in [1.165, 1.54) is 4.90 Å². The lowest BCUT2D eigenvalue weighted by molar-refractivity contribution is -0.140. The summed E-state index contributed by atoms with van der Waals surface area (Å²) in [6, 6.07) is 10.4. The van der Waals surface area contributed by atoms with E-state index in [1.807, 2.05) is 20.8 Å². The molecule has 204 valence electrons. The first-order chi connectivity index (χ1) is 17.4. The van der Waals surface area contributed by atoms with Crippen molar-refractivity contribution in [2.24, 2.45) is 0 Å². The van der Waals surface area contributed by atoms with Crippen molar-refractivity contribution in [2.75, 3.05) is 23.7 Å². The van der Waals surface area contributed by atoms with Crippen molar-refractivity contribution in [2.45, 2.75) is 59.2 Å². The molecular formula is C26H35Cl2N3O5S. The quantitative estimate of drug-likeness (QED) is 0.369. The highest BCUT2D eigenvalue weighted by molar-refractivity contribution is 7.92. The standard InChI is InChI=1S/C26H35Cl2N3O5S/c1-6-18(4)29-26(33)24(7-2)30(16-19-9-10-20(27)15-23(19)28)25(32)17-31(37(5,34)35)21-11-13-22(14-12-21)36-8-3/h9-15,18,24H,6-8,16-17H2,1-5H3,(H,29,33). The third-order valence-corrected chi connectivity index (χ3v) is 7.59. The van der Waals surface area contributed by atoms with E-state index in [9.17, 15) is 18.0 Å². The van der Waals surface area contributed by atoms with Crippen LogP contribution in [0.15, 0.2) is 42.5 Å². The van der Waals surface area contributed by atoms with Gasteiger partial charge in [-0.25, -0.2) is 8.42 Å². The Labute approximate surface area is 229 Å². The third kappa shape index (κ3) is 8.79. The molecule has 0 saturated carbocycles. The monoisotopic (exact) mass is 571 g/mol. The number of halogens is 2. The molecule has 0 spiro atoms. The summed E-state index contributed by atoms with van der Waals surface area (Å²) in [6.07, 6.45) is 2.07. The van der Waals surface area contributed by atoms with Gasteiger partial charge in [0.15, 0.2) is 0 Å². The summed E-state index contributed by atoms with van der Waals surface area (Å²) in [5, 5.41) is 3.70. The van der Waals surface area contributed by atoms with Crippen LogP contribution >= 0.6 is 23.2 Å². The number of sulfonamides is 1. The molecule has 37 heavy (non-hydrogen) atoms. The minimum atomic E-state index is -3.83. The Hall–Kier alpha value is -2.49. The molecule has 0 aliphatic carbocycles. The number of amides is 2. The average molecular weight is 573 g/mol. The summed E-state index contributed by atoms with van der Waals surface area (Å²) in [7, 11) is -3.83. The fraction of sp³-hybridized carbons (Fsp3) is 0.462. The number of ether oxygens (including phenoxy) is 1. The van der Waals surface area contributed by atoms with Crippen LogP contribution in [-0.2, 0) is 26.2 Å². The largest absolute Gasteiger partial charge is 0.494 e.